The van der Waals surface area contributed by atoms with Crippen molar-refractivity contribution >= 4 is 29.3 Å². The van der Waals surface area contributed by atoms with E-state index in [1.807, 2.05) is 30.3 Å². The molecule has 0 radical (unpaired) electrons. The smallest absolute Gasteiger partial charge is 0.230 e. The molecule has 4 rings (SSSR count). The highest BCUT2D eigenvalue weighted by atomic mass is 35.5. The van der Waals surface area contributed by atoms with Crippen molar-refractivity contribution in [1.29, 1.82) is 0 Å². The highest BCUT2D eigenvalue weighted by Gasteiger charge is 2.44. The number of aromatic nitrogens is 4. The summed E-state index contributed by atoms with van der Waals surface area (Å²) >= 11 is 7.23. The summed E-state index contributed by atoms with van der Waals surface area (Å²) in [5.41, 5.74) is 2.20. The Morgan fingerprint density at radius 3 is 2.59 bits per heavy atom. The van der Waals surface area contributed by atoms with Gasteiger partial charge in [-0.05, 0) is 53.1 Å². The number of carbonyl (C=O) groups excluding carboxylic acids is 1. The van der Waals surface area contributed by atoms with E-state index in [0.717, 1.165) is 18.5 Å². The predicted molar refractivity (Wildman–Crippen MR) is 105 cm³/mol. The molecule has 0 saturated heterocycles. The van der Waals surface area contributed by atoms with E-state index in [4.69, 9.17) is 11.6 Å². The van der Waals surface area contributed by atoms with Crippen molar-refractivity contribution in [2.24, 2.45) is 0 Å². The standard InChI is InChI=1S/C19H18ClN5OS/c20-15-6-8-16(9-7-15)25-18(22-23-24-25)27-12-17(26)21-13-19(10-11-19)14-4-2-1-3-5-14/h1-9H,10-13H2,(H,21,26). The van der Waals surface area contributed by atoms with Crippen molar-refractivity contribution in [2.75, 3.05) is 12.3 Å². The SMILES string of the molecule is O=C(CSc1nnnn1-c1ccc(Cl)cc1)NCC1(c2ccccc2)CC1. The molecule has 1 fully saturated rings. The molecule has 0 atom stereocenters. The third-order valence-corrected chi connectivity index (χ3v) is 5.88. The number of nitrogens with zero attached hydrogens (tertiary/aromatic N) is 4. The van der Waals surface area contributed by atoms with Gasteiger partial charge in [0.25, 0.3) is 0 Å². The van der Waals surface area contributed by atoms with Gasteiger partial charge in [0.05, 0.1) is 11.4 Å². The highest BCUT2D eigenvalue weighted by molar-refractivity contribution is 7.99. The second kappa shape index (κ2) is 7.70. The van der Waals surface area contributed by atoms with Gasteiger partial charge in [0.15, 0.2) is 0 Å². The minimum atomic E-state index is -0.0205. The predicted octanol–water partition coefficient (Wildman–Crippen LogP) is 3.26. The lowest BCUT2D eigenvalue weighted by Crippen LogP contribution is -2.33. The first kappa shape index (κ1) is 18.0. The minimum absolute atomic E-state index is 0.0205. The average molecular weight is 400 g/mol. The first-order valence-electron chi connectivity index (χ1n) is 8.66. The zero-order chi connectivity index (χ0) is 18.7. The van der Waals surface area contributed by atoms with Crippen LogP contribution in [-0.2, 0) is 10.2 Å². The van der Waals surface area contributed by atoms with Gasteiger partial charge in [-0.1, -0.05) is 53.7 Å². The zero-order valence-electron chi connectivity index (χ0n) is 14.5. The average Bonchev–Trinajstić information content (AvgIpc) is 3.36. The molecule has 1 heterocycles. The fraction of sp³-hybridized carbons (Fsp3) is 0.263. The fourth-order valence-corrected chi connectivity index (χ4v) is 3.82. The van der Waals surface area contributed by atoms with E-state index in [1.165, 1.54) is 17.3 Å². The number of hydrogen-bond donors (Lipinski definition) is 1. The third-order valence-electron chi connectivity index (χ3n) is 4.71. The van der Waals surface area contributed by atoms with Crippen LogP contribution in [0.25, 0.3) is 5.69 Å². The van der Waals surface area contributed by atoms with Gasteiger partial charge < -0.3 is 5.32 Å². The summed E-state index contributed by atoms with van der Waals surface area (Å²) in [6, 6.07) is 17.6. The van der Waals surface area contributed by atoms with Crippen LogP contribution in [0.5, 0.6) is 0 Å². The highest BCUT2D eigenvalue weighted by Crippen LogP contribution is 2.47. The number of amides is 1. The molecule has 0 unspecified atom stereocenters. The Bertz CT molecular complexity index is 925. The number of thioether (sulfide) groups is 1. The van der Waals surface area contributed by atoms with Gasteiger partial charge in [0.2, 0.25) is 11.1 Å². The van der Waals surface area contributed by atoms with E-state index in [0.29, 0.717) is 16.7 Å². The van der Waals surface area contributed by atoms with Crippen molar-refractivity contribution in [3.63, 3.8) is 0 Å². The van der Waals surface area contributed by atoms with E-state index in [9.17, 15) is 4.79 Å². The zero-order valence-corrected chi connectivity index (χ0v) is 16.1. The third kappa shape index (κ3) is 4.14. The Morgan fingerprint density at radius 2 is 1.89 bits per heavy atom. The number of hydrogen-bond acceptors (Lipinski definition) is 5. The summed E-state index contributed by atoms with van der Waals surface area (Å²) in [6.07, 6.45) is 2.22. The second-order valence-corrected chi connectivity index (χ2v) is 7.94. The molecular weight excluding hydrogens is 382 g/mol. The second-order valence-electron chi connectivity index (χ2n) is 6.56. The van der Waals surface area contributed by atoms with Crippen LogP contribution in [-0.4, -0.2) is 38.4 Å². The molecule has 0 spiro atoms. The first-order chi connectivity index (χ1) is 13.2. The molecule has 1 saturated carbocycles. The maximum absolute atomic E-state index is 12.3. The number of nitrogens with one attached hydrogen (secondary N) is 1. The molecule has 1 amide bonds. The molecule has 8 heteroatoms. The van der Waals surface area contributed by atoms with E-state index >= 15 is 0 Å². The van der Waals surface area contributed by atoms with Crippen molar-refractivity contribution < 1.29 is 4.79 Å². The maximum Gasteiger partial charge on any atom is 0.230 e. The summed E-state index contributed by atoms with van der Waals surface area (Å²) in [7, 11) is 0. The lowest BCUT2D eigenvalue weighted by Gasteiger charge is -2.16. The maximum atomic E-state index is 12.3. The summed E-state index contributed by atoms with van der Waals surface area (Å²) in [5.74, 6) is 0.242. The van der Waals surface area contributed by atoms with E-state index < -0.39 is 0 Å². The normalized spacial score (nSPS) is 14.7. The summed E-state index contributed by atoms with van der Waals surface area (Å²) in [6.45, 7) is 0.665. The van der Waals surface area contributed by atoms with Gasteiger partial charge in [0, 0.05) is 17.0 Å². The molecule has 1 aliphatic carbocycles. The summed E-state index contributed by atoms with van der Waals surface area (Å²) in [4.78, 5) is 12.3. The quantitative estimate of drug-likeness (QED) is 0.617. The van der Waals surface area contributed by atoms with Gasteiger partial charge in [-0.3, -0.25) is 4.79 Å². The Hall–Kier alpha value is -2.38. The topological polar surface area (TPSA) is 72.7 Å². The first-order valence-corrected chi connectivity index (χ1v) is 10.0. The van der Waals surface area contributed by atoms with Crippen LogP contribution in [0.15, 0.2) is 59.8 Å². The van der Waals surface area contributed by atoms with Crippen LogP contribution in [0.3, 0.4) is 0 Å². The van der Waals surface area contributed by atoms with Crippen molar-refractivity contribution in [3.05, 3.63) is 65.2 Å². The Kier molecular flexibility index (Phi) is 5.13. The van der Waals surface area contributed by atoms with E-state index in [1.54, 1.807) is 16.8 Å². The van der Waals surface area contributed by atoms with Crippen molar-refractivity contribution in [1.82, 2.24) is 25.5 Å². The lowest BCUT2D eigenvalue weighted by molar-refractivity contribution is -0.118. The number of halogens is 1. The van der Waals surface area contributed by atoms with Gasteiger partial charge >= 0.3 is 0 Å². The van der Waals surface area contributed by atoms with Crippen LogP contribution in [0.4, 0.5) is 0 Å². The summed E-state index contributed by atoms with van der Waals surface area (Å²) < 4.78 is 1.60. The van der Waals surface area contributed by atoms with E-state index in [-0.39, 0.29) is 17.1 Å². The molecule has 3 aromatic rings. The molecule has 27 heavy (non-hydrogen) atoms. The van der Waals surface area contributed by atoms with Crippen molar-refractivity contribution in [3.8, 4) is 5.69 Å². The van der Waals surface area contributed by atoms with Crippen LogP contribution in [0.2, 0.25) is 5.02 Å². The van der Waals surface area contributed by atoms with E-state index in [2.05, 4.69) is 33.0 Å². The number of carbonyl (C=O) groups is 1. The van der Waals surface area contributed by atoms with Gasteiger partial charge in [-0.15, -0.1) is 5.10 Å². The molecule has 1 N–H and O–H groups in total. The van der Waals surface area contributed by atoms with Crippen molar-refractivity contribution in [2.45, 2.75) is 23.4 Å². The molecule has 1 aromatic heterocycles. The largest absolute Gasteiger partial charge is 0.354 e. The Morgan fingerprint density at radius 1 is 1.15 bits per heavy atom. The fourth-order valence-electron chi connectivity index (χ4n) is 2.97. The molecule has 1 aliphatic rings. The Labute approximate surface area is 166 Å². The number of rotatable bonds is 7. The molecule has 0 bridgehead atoms. The molecule has 138 valence electrons. The number of tetrazole rings is 1. The molecule has 2 aromatic carbocycles. The summed E-state index contributed by atoms with van der Waals surface area (Å²) in [5, 5.41) is 16.0. The van der Waals surface area contributed by atoms with Crippen LogP contribution in [0, 0.1) is 0 Å². The number of benzene rings is 2. The lowest BCUT2D eigenvalue weighted by atomic mass is 9.96. The minimum Gasteiger partial charge on any atom is -0.354 e. The van der Waals surface area contributed by atoms with Gasteiger partial charge in [-0.25, -0.2) is 0 Å². The van der Waals surface area contributed by atoms with Crippen LogP contribution < -0.4 is 5.32 Å². The monoisotopic (exact) mass is 399 g/mol. The van der Waals surface area contributed by atoms with Gasteiger partial charge in [0.1, 0.15) is 0 Å². The molecule has 6 nitrogen and oxygen atoms in total. The Balaban J connectivity index is 1.33. The van der Waals surface area contributed by atoms with Gasteiger partial charge in [-0.2, -0.15) is 4.68 Å². The molecule has 0 aliphatic heterocycles. The molecular formula is C19H18ClN5OS. The van der Waals surface area contributed by atoms with Crippen LogP contribution >= 0.6 is 23.4 Å². The van der Waals surface area contributed by atoms with Crippen LogP contribution in [0.1, 0.15) is 18.4 Å².